The molecule has 1 aliphatic heterocycles. The van der Waals surface area contributed by atoms with Crippen LogP contribution in [0, 0.1) is 120 Å². The third-order valence-electron chi connectivity index (χ3n) is 37.5. The van der Waals surface area contributed by atoms with Crippen LogP contribution in [0.5, 0.6) is 0 Å². The molecule has 12 fully saturated rings. The number of Topliss-reactive ketones (excluding diaryl/α,β-unsaturated/α-hetero) is 4. The Morgan fingerprint density at radius 2 is 0.831 bits per heavy atom. The van der Waals surface area contributed by atoms with Crippen LogP contribution in [0.15, 0.2) is 88.3 Å². The fourth-order valence-corrected chi connectivity index (χ4v) is 32.0. The molecule has 1 unspecified atom stereocenters. The SMILES string of the molecule is C=C1C=C[C@@]2(C)C(=C1)CC[C@H]1[C@@H]3C[C@H](C)[C@](O)(C(=O)CCl)[C@@]3(C)C[C@H](O)[C@@]12F.C[C@H]1C[C@H]2[C@@H]3CCC4=CC(=O)C=C[C@]4(C)[C@@]3(F)[C@@H](O)C[C@]2(C)[C@@]1(O)C(=O)CCl.C[C@H]1C[C@H]2[C@@H]3CCC4=CC5=N[N+](C)=CC5C[C@]4(C)[C@@]3(F)[C@@H](O)C[C@]2(C)[C@@]1(O)C(=O)CCl.C[C@H]1C[C@H]2[C@@H]3CCC4=Cc5c(cnn5C)C[C@]4(C)[C@@]3(F)[C@@H](O)C[C@]2(C)[C@@]1(O)C(=O)CCl. The molecule has 2 heterocycles. The zero-order valence-corrected chi connectivity index (χ0v) is 73.8. The highest BCUT2D eigenvalue weighted by atomic mass is 35.5. The van der Waals surface area contributed by atoms with E-state index in [2.05, 4.69) is 28.9 Å². The van der Waals surface area contributed by atoms with Crippen LogP contribution in [0.1, 0.15) is 203 Å². The Hall–Kier alpha value is -4.36. The van der Waals surface area contributed by atoms with Crippen LogP contribution in [0.2, 0.25) is 0 Å². The van der Waals surface area contributed by atoms with Gasteiger partial charge in [0.1, 0.15) is 39.5 Å². The summed E-state index contributed by atoms with van der Waals surface area (Å²) in [5, 5.41) is 100. The molecular weight excluding hydrogens is 1600 g/mol. The maximum Gasteiger partial charge on any atom is 0.181 e. The lowest BCUT2D eigenvalue weighted by Crippen LogP contribution is -2.70. The number of rotatable bonds is 8. The molecule has 1 aromatic heterocycles. The van der Waals surface area contributed by atoms with Crippen molar-refractivity contribution in [2.75, 3.05) is 30.6 Å². The van der Waals surface area contributed by atoms with Gasteiger partial charge in [-0.1, -0.05) is 127 Å². The van der Waals surface area contributed by atoms with E-state index in [0.717, 1.165) is 64.1 Å². The quantitative estimate of drug-likeness (QED) is 0.0683. The molecule has 18 rings (SSSR count). The minimum absolute atomic E-state index is 0.0151. The van der Waals surface area contributed by atoms with Crippen LogP contribution in [0.3, 0.4) is 0 Å². The van der Waals surface area contributed by atoms with Gasteiger partial charge < -0.3 is 40.9 Å². The first kappa shape index (κ1) is 88.5. The summed E-state index contributed by atoms with van der Waals surface area (Å²) in [4.78, 5) is 62.8. The Morgan fingerprint density at radius 1 is 0.492 bits per heavy atom. The maximum atomic E-state index is 17.4. The molecule has 1 aromatic rings. The van der Waals surface area contributed by atoms with Gasteiger partial charge in [0.25, 0.3) is 0 Å². The number of aryl methyl sites for hydroxylation is 1. The number of carbonyl (C=O) groups is 5. The number of nitrogens with zero attached hydrogens (tertiary/aromatic N) is 4. The van der Waals surface area contributed by atoms with Crippen molar-refractivity contribution in [3.05, 3.63) is 94.4 Å². The summed E-state index contributed by atoms with van der Waals surface area (Å²) in [6, 6.07) is 0. The smallest absolute Gasteiger partial charge is 0.181 e. The van der Waals surface area contributed by atoms with E-state index in [9.17, 15) is 64.8 Å². The summed E-state index contributed by atoms with van der Waals surface area (Å²) < 4.78 is 72.3. The van der Waals surface area contributed by atoms with Crippen molar-refractivity contribution in [2.24, 2.45) is 132 Å². The molecule has 17 nitrogen and oxygen atoms in total. The third-order valence-corrected chi connectivity index (χ3v) is 38.4. The Bertz CT molecular complexity index is 4570. The van der Waals surface area contributed by atoms with Gasteiger partial charge in [0, 0.05) is 74.0 Å². The number of hydrogen-bond acceptors (Lipinski definition) is 15. The molecule has 118 heavy (non-hydrogen) atoms. The van der Waals surface area contributed by atoms with E-state index in [4.69, 9.17) is 46.4 Å². The molecule has 33 atom stereocenters. The van der Waals surface area contributed by atoms with Gasteiger partial charge in [0.15, 0.2) is 53.5 Å². The number of alkyl halides is 8. The number of carbonyl (C=O) groups excluding carboxylic acids is 5. The lowest BCUT2D eigenvalue weighted by Gasteiger charge is -2.63. The zero-order valence-electron chi connectivity index (χ0n) is 70.8. The van der Waals surface area contributed by atoms with Gasteiger partial charge in [0.2, 0.25) is 0 Å². The Labute approximate surface area is 711 Å². The van der Waals surface area contributed by atoms with Gasteiger partial charge in [-0.05, 0) is 217 Å². The number of aliphatic hydroxyl groups is 8. The molecule has 16 aliphatic carbocycles. The summed E-state index contributed by atoms with van der Waals surface area (Å²) in [7, 11) is 3.78. The van der Waals surface area contributed by atoms with Crippen LogP contribution in [0.25, 0.3) is 6.08 Å². The Morgan fingerprint density at radius 3 is 1.22 bits per heavy atom. The first-order chi connectivity index (χ1) is 54.8. The van der Waals surface area contributed by atoms with Crippen molar-refractivity contribution >= 4 is 93.3 Å². The Kier molecular flexibility index (Phi) is 21.4. The van der Waals surface area contributed by atoms with Gasteiger partial charge in [-0.15, -0.1) is 46.4 Å². The van der Waals surface area contributed by atoms with E-state index >= 15 is 17.6 Å². The van der Waals surface area contributed by atoms with Crippen LogP contribution in [-0.4, -0.2) is 196 Å². The molecule has 25 heteroatoms. The number of allylic oxidation sites excluding steroid dienone is 12. The summed E-state index contributed by atoms with van der Waals surface area (Å²) in [5.74, 6) is -6.88. The molecule has 17 aliphatic rings. The first-order valence-electron chi connectivity index (χ1n) is 43.2. The first-order valence-corrected chi connectivity index (χ1v) is 45.3. The van der Waals surface area contributed by atoms with Crippen LogP contribution >= 0.6 is 46.4 Å². The van der Waals surface area contributed by atoms with Crippen molar-refractivity contribution in [3.63, 3.8) is 0 Å². The minimum atomic E-state index is -1.95. The molecule has 0 bridgehead atoms. The second kappa shape index (κ2) is 28.6. The fraction of sp³-hybridized carbons (Fsp3) is 0.742. The van der Waals surface area contributed by atoms with E-state index in [1.165, 1.54) is 12.2 Å². The molecular formula is C93H123Cl4F4N4O13+. The van der Waals surface area contributed by atoms with E-state index in [1.54, 1.807) is 23.9 Å². The summed E-state index contributed by atoms with van der Waals surface area (Å²) >= 11 is 23.4. The van der Waals surface area contributed by atoms with Crippen molar-refractivity contribution in [1.29, 1.82) is 0 Å². The van der Waals surface area contributed by atoms with Gasteiger partial charge >= 0.3 is 0 Å². The standard InChI is InChI=1S/C24H33ClFN2O3.C24H32ClFN2O3.C23H30ClFO3.C22H28ClFO4/c1-13-7-17-16-6-5-15-8-18-14(12-28(4)27-18)9-21(15,2)23(16,26)19(29)10-22(17,3)24(13,31)20(30)11-25;1-13-7-17-16-6-5-15-8-18-14(12-27-28(18)4)9-21(15,2)23(16,26)19(29)10-22(17,3)24(13,31)20(30)11-25;1-13-7-8-20(3)15(9-13)5-6-16-17-10-14(2)23(28,19(27)12-24)21(17,4)11-18(26)22(16,20)25;1-12-8-16-15-5-4-13-9-14(25)6-7-19(13,2)21(15,24)17(26)10-20(16,3)22(12,28)18(27)11-23/h8,12-14,16-17,19,29,31H,5-7,9-11H2,1-4H3;8,12-13,16-17,19,29,31H,5-7,9-11H2,1-4H3;7-9,14,16-18,26,28H,1,5-6,10-12H2,2-4H3;6-7,9,12,15-17,26,28H,4-5,8,10-11H2,1-3H3/q+1;;;/t13-,14?,16-,17-,19-,21-,22-,23-,24-;13-,16-,17-,19-,21-,22-,23-,24-;14-,16-,17-,18-,20-,21-,22-,23-;12-,15-,16-,17-,19-,20-,21-,22-/m0000/s1. The number of hydrazone groups is 1. The largest absolute Gasteiger partial charge is 0.390 e. The van der Waals surface area contributed by atoms with E-state index in [1.807, 2.05) is 119 Å². The molecule has 0 amide bonds. The molecule has 0 aromatic carbocycles. The predicted octanol–water partition coefficient (Wildman–Crippen LogP) is 13.8. The number of fused-ring (bicyclic) bond motifs is 22. The lowest BCUT2D eigenvalue weighted by molar-refractivity contribution is -0.495. The summed E-state index contributed by atoms with van der Waals surface area (Å²) in [6.45, 7) is 26.3. The average Bonchev–Trinajstić information content (AvgIpc) is 1.45. The normalized spacial score (nSPS) is 51.5. The van der Waals surface area contributed by atoms with Gasteiger partial charge in [-0.25, -0.2) is 17.6 Å². The van der Waals surface area contributed by atoms with Crippen molar-refractivity contribution in [1.82, 2.24) is 9.78 Å². The number of aromatic nitrogens is 2. The van der Waals surface area contributed by atoms with Crippen LogP contribution in [0.4, 0.5) is 17.6 Å². The van der Waals surface area contributed by atoms with Crippen molar-refractivity contribution in [2.45, 2.75) is 268 Å². The Balaban J connectivity index is 0.000000123. The number of aliphatic hydroxyl groups excluding tert-OH is 4. The fourth-order valence-electron chi connectivity index (χ4n) is 31.2. The highest BCUT2D eigenvalue weighted by Crippen LogP contribution is 2.77. The van der Waals surface area contributed by atoms with E-state index < -0.39 is 160 Å². The van der Waals surface area contributed by atoms with E-state index in [-0.39, 0.29) is 108 Å². The molecule has 0 saturated heterocycles. The molecule has 0 spiro atoms. The van der Waals surface area contributed by atoms with Gasteiger partial charge in [0.05, 0.1) is 65.7 Å². The highest BCUT2D eigenvalue weighted by Gasteiger charge is 2.81. The topological polar surface area (TPSA) is 280 Å². The molecule has 12 saturated carbocycles. The predicted molar refractivity (Wildman–Crippen MR) is 445 cm³/mol. The molecule has 0 radical (unpaired) electrons. The lowest BCUT2D eigenvalue weighted by atomic mass is 9.43. The van der Waals surface area contributed by atoms with Crippen LogP contribution in [-0.2, 0) is 37.4 Å². The second-order valence-corrected chi connectivity index (χ2v) is 42.8. The summed E-state index contributed by atoms with van der Waals surface area (Å²) in [6.07, 6.45) is 21.4. The van der Waals surface area contributed by atoms with Crippen molar-refractivity contribution < 1.29 is 87.1 Å². The van der Waals surface area contributed by atoms with Gasteiger partial charge in [-0.3, -0.25) is 28.7 Å². The zero-order chi connectivity index (χ0) is 86.5. The third kappa shape index (κ3) is 10.9. The van der Waals surface area contributed by atoms with Crippen molar-refractivity contribution in [3.8, 4) is 0 Å². The molecule has 8 N–H and O–H groups in total. The maximum absolute atomic E-state index is 17.4. The second-order valence-electron chi connectivity index (χ2n) is 41.8. The van der Waals surface area contributed by atoms with E-state index in [0.29, 0.717) is 70.6 Å². The number of hydrogen-bond donors (Lipinski definition) is 8. The number of ketones is 5. The average molecular weight is 1720 g/mol. The highest BCUT2D eigenvalue weighted by molar-refractivity contribution is 6.30. The summed E-state index contributed by atoms with van der Waals surface area (Å²) in [5.41, 5.74) is -13.6. The molecule has 648 valence electrons. The number of halogens is 8. The van der Waals surface area contributed by atoms with Gasteiger partial charge in [-0.2, -0.15) is 5.10 Å². The minimum Gasteiger partial charge on any atom is -0.390 e. The van der Waals surface area contributed by atoms with Crippen LogP contribution < -0.4 is 0 Å². The monoisotopic (exact) mass is 1720 g/mol.